The predicted octanol–water partition coefficient (Wildman–Crippen LogP) is 4.93. The first-order valence-corrected chi connectivity index (χ1v) is 13.1. The molecule has 3 aromatic carbocycles. The van der Waals surface area contributed by atoms with Gasteiger partial charge >= 0.3 is 0 Å². The molecule has 0 saturated carbocycles. The maximum atomic E-state index is 15.1. The quantitative estimate of drug-likeness (QED) is 0.327. The molecule has 0 unspecified atom stereocenters. The number of amides is 1. The molecule has 4 rings (SSSR count). The third kappa shape index (κ3) is 5.42. The minimum Gasteiger partial charge on any atom is -0.381 e. The molecule has 9 heteroatoms. The van der Waals surface area contributed by atoms with Gasteiger partial charge < -0.3 is 15.6 Å². The van der Waals surface area contributed by atoms with Crippen LogP contribution in [0.15, 0.2) is 89.6 Å². The van der Waals surface area contributed by atoms with Gasteiger partial charge in [0.25, 0.3) is 0 Å². The first kappa shape index (κ1) is 26.1. The lowest BCUT2D eigenvalue weighted by molar-refractivity contribution is 0.100. The van der Waals surface area contributed by atoms with Crippen LogP contribution in [-0.4, -0.2) is 43.8 Å². The molecule has 4 aromatic rings. The number of rotatable bonds is 9. The van der Waals surface area contributed by atoms with E-state index < -0.39 is 15.9 Å². The molecule has 0 bridgehead atoms. The normalized spacial score (nSPS) is 12.3. The summed E-state index contributed by atoms with van der Waals surface area (Å²) in [7, 11) is -0.691. The van der Waals surface area contributed by atoms with Gasteiger partial charge in [0.1, 0.15) is 5.83 Å². The number of halogens is 1. The summed E-state index contributed by atoms with van der Waals surface area (Å²) in [4.78, 5) is 12.0. The Morgan fingerprint density at radius 3 is 2.46 bits per heavy atom. The van der Waals surface area contributed by atoms with Gasteiger partial charge in [-0.05, 0) is 55.0 Å². The van der Waals surface area contributed by atoms with Crippen LogP contribution < -0.4 is 11.1 Å². The minimum absolute atomic E-state index is 0.0588. The number of sulfonamides is 1. The number of aromatic nitrogens is 1. The molecule has 1 amide bonds. The molecule has 0 atom stereocenters. The zero-order valence-corrected chi connectivity index (χ0v) is 21.7. The van der Waals surface area contributed by atoms with Crippen molar-refractivity contribution in [2.75, 3.05) is 26.0 Å². The molecule has 0 aliphatic heterocycles. The van der Waals surface area contributed by atoms with E-state index in [1.165, 1.54) is 20.2 Å². The maximum absolute atomic E-state index is 15.1. The summed E-state index contributed by atoms with van der Waals surface area (Å²) < 4.78 is 43.5. The zero-order valence-electron chi connectivity index (χ0n) is 20.9. The summed E-state index contributed by atoms with van der Waals surface area (Å²) in [6.07, 6.45) is 1.47. The lowest BCUT2D eigenvalue weighted by Crippen LogP contribution is -2.22. The van der Waals surface area contributed by atoms with Gasteiger partial charge in [0.2, 0.25) is 15.9 Å². The van der Waals surface area contributed by atoms with Crippen LogP contribution in [0.1, 0.15) is 16.1 Å². The van der Waals surface area contributed by atoms with Crippen LogP contribution >= 0.6 is 0 Å². The number of carbonyl (C=O) groups is 1. The number of allylic oxidation sites excluding steroid dienone is 1. The predicted molar refractivity (Wildman–Crippen MR) is 146 cm³/mol. The molecule has 37 heavy (non-hydrogen) atoms. The van der Waals surface area contributed by atoms with Gasteiger partial charge in [-0.15, -0.1) is 0 Å². The Balaban J connectivity index is 1.77. The molecule has 1 heterocycles. The van der Waals surface area contributed by atoms with Crippen molar-refractivity contribution in [3.05, 3.63) is 96.0 Å². The smallest absolute Gasteiger partial charge is 0.248 e. The molecular formula is C28H29FN4O3S. The molecule has 0 saturated heterocycles. The van der Waals surface area contributed by atoms with Crippen LogP contribution in [0.5, 0.6) is 0 Å². The number of nitrogens with two attached hydrogens (primary N) is 1. The van der Waals surface area contributed by atoms with Gasteiger partial charge in [0.15, 0.2) is 0 Å². The molecule has 0 fully saturated rings. The second-order valence-corrected chi connectivity index (χ2v) is 11.0. The second-order valence-electron chi connectivity index (χ2n) is 8.86. The fourth-order valence-corrected chi connectivity index (χ4v) is 5.22. The van der Waals surface area contributed by atoms with Crippen molar-refractivity contribution < 1.29 is 17.6 Å². The first-order chi connectivity index (χ1) is 17.6. The van der Waals surface area contributed by atoms with Gasteiger partial charge in [-0.3, -0.25) is 4.79 Å². The van der Waals surface area contributed by atoms with E-state index in [-0.39, 0.29) is 17.3 Å². The van der Waals surface area contributed by atoms with Crippen LogP contribution in [0, 0.1) is 6.92 Å². The molecular weight excluding hydrogens is 491 g/mol. The Morgan fingerprint density at radius 1 is 1.05 bits per heavy atom. The number of benzene rings is 3. The lowest BCUT2D eigenvalue weighted by Gasteiger charge is -2.13. The van der Waals surface area contributed by atoms with Crippen LogP contribution in [0.2, 0.25) is 0 Å². The van der Waals surface area contributed by atoms with Gasteiger partial charge in [-0.25, -0.2) is 17.1 Å². The summed E-state index contributed by atoms with van der Waals surface area (Å²) in [5, 5.41) is 3.91. The molecule has 0 radical (unpaired) electrons. The van der Waals surface area contributed by atoms with Crippen LogP contribution in [0.4, 0.5) is 10.1 Å². The molecule has 0 aliphatic carbocycles. The molecule has 1 aromatic heterocycles. The number of anilines is 1. The van der Waals surface area contributed by atoms with E-state index in [0.29, 0.717) is 23.2 Å². The Morgan fingerprint density at radius 2 is 1.78 bits per heavy atom. The number of para-hydroxylation sites is 1. The number of carbonyl (C=O) groups excluding carboxylic acids is 1. The van der Waals surface area contributed by atoms with Crippen molar-refractivity contribution in [3.63, 3.8) is 0 Å². The standard InChI is InChI=1S/C28H29FN4O3S/c1-19-27(20-8-7-11-24(16-20)37(35,36)32(2)3)25-13-12-21(28(30)34)17-26(25)33(19)18-22(29)14-15-31-23-9-5-4-6-10-23/h4-14,16-17,31H,15,18H2,1-3H3,(H2,30,34). The highest BCUT2D eigenvalue weighted by molar-refractivity contribution is 7.89. The van der Waals surface area contributed by atoms with E-state index in [2.05, 4.69) is 5.32 Å². The summed E-state index contributed by atoms with van der Waals surface area (Å²) in [5.74, 6) is -0.945. The Kier molecular flexibility index (Phi) is 7.47. The number of primary amides is 1. The maximum Gasteiger partial charge on any atom is 0.248 e. The number of hydrogen-bond acceptors (Lipinski definition) is 4. The highest BCUT2D eigenvalue weighted by Crippen LogP contribution is 2.36. The summed E-state index contributed by atoms with van der Waals surface area (Å²) in [6, 6.07) is 21.2. The van der Waals surface area contributed by atoms with Crippen molar-refractivity contribution >= 4 is 32.5 Å². The van der Waals surface area contributed by atoms with Gasteiger partial charge in [0.05, 0.1) is 17.0 Å². The van der Waals surface area contributed by atoms with E-state index in [0.717, 1.165) is 26.6 Å². The van der Waals surface area contributed by atoms with E-state index in [4.69, 9.17) is 5.73 Å². The topological polar surface area (TPSA) is 97.4 Å². The van der Waals surface area contributed by atoms with Gasteiger partial charge in [0, 0.05) is 48.5 Å². The SMILES string of the molecule is Cc1c(-c2cccc(S(=O)(=O)N(C)C)c2)c2ccc(C(N)=O)cc2n1CC(F)=CCNc1ccccc1. The molecule has 0 spiro atoms. The second kappa shape index (κ2) is 10.6. The molecule has 192 valence electrons. The van der Waals surface area contributed by atoms with Crippen molar-refractivity contribution in [2.45, 2.75) is 18.4 Å². The Hall–Kier alpha value is -3.95. The van der Waals surface area contributed by atoms with Crippen molar-refractivity contribution in [3.8, 4) is 11.1 Å². The van der Waals surface area contributed by atoms with Crippen LogP contribution in [0.25, 0.3) is 22.0 Å². The summed E-state index contributed by atoms with van der Waals surface area (Å²) in [5.41, 5.74) is 9.50. The van der Waals surface area contributed by atoms with E-state index in [1.54, 1.807) is 41.0 Å². The number of nitrogens with zero attached hydrogens (tertiary/aromatic N) is 2. The van der Waals surface area contributed by atoms with Crippen molar-refractivity contribution in [1.29, 1.82) is 0 Å². The monoisotopic (exact) mass is 520 g/mol. The van der Waals surface area contributed by atoms with Crippen molar-refractivity contribution in [1.82, 2.24) is 8.87 Å². The van der Waals surface area contributed by atoms with E-state index in [1.807, 2.05) is 43.3 Å². The van der Waals surface area contributed by atoms with Crippen LogP contribution in [0.3, 0.4) is 0 Å². The number of hydrogen-bond donors (Lipinski definition) is 2. The third-order valence-corrected chi connectivity index (χ3v) is 8.03. The highest BCUT2D eigenvalue weighted by Gasteiger charge is 2.21. The van der Waals surface area contributed by atoms with Crippen molar-refractivity contribution in [2.24, 2.45) is 5.73 Å². The fourth-order valence-electron chi connectivity index (χ4n) is 4.27. The van der Waals surface area contributed by atoms with E-state index in [9.17, 15) is 13.2 Å². The van der Waals surface area contributed by atoms with E-state index >= 15 is 4.39 Å². The fraction of sp³-hybridized carbons (Fsp3) is 0.179. The third-order valence-electron chi connectivity index (χ3n) is 6.22. The average Bonchev–Trinajstić information content (AvgIpc) is 3.15. The lowest BCUT2D eigenvalue weighted by atomic mass is 10.0. The zero-order chi connectivity index (χ0) is 26.7. The first-order valence-electron chi connectivity index (χ1n) is 11.7. The minimum atomic E-state index is -3.65. The average molecular weight is 521 g/mol. The molecule has 7 nitrogen and oxygen atoms in total. The van der Waals surface area contributed by atoms with Gasteiger partial charge in [-0.1, -0.05) is 36.4 Å². The summed E-state index contributed by atoms with van der Waals surface area (Å²) in [6.45, 7) is 2.09. The Bertz CT molecular complexity index is 1590. The summed E-state index contributed by atoms with van der Waals surface area (Å²) >= 11 is 0. The highest BCUT2D eigenvalue weighted by atomic mass is 32.2. The number of nitrogens with one attached hydrogen (secondary N) is 1. The number of fused-ring (bicyclic) bond motifs is 1. The largest absolute Gasteiger partial charge is 0.381 e. The van der Waals surface area contributed by atoms with Crippen LogP contribution in [-0.2, 0) is 16.6 Å². The molecule has 0 aliphatic rings. The van der Waals surface area contributed by atoms with Gasteiger partial charge in [-0.2, -0.15) is 0 Å². The molecule has 3 N–H and O–H groups in total. The Labute approximate surface area is 216 Å².